The van der Waals surface area contributed by atoms with Gasteiger partial charge in [0.1, 0.15) is 0 Å². The molecule has 1 unspecified atom stereocenters. The van der Waals surface area contributed by atoms with Gasteiger partial charge in [0.15, 0.2) is 0 Å². The summed E-state index contributed by atoms with van der Waals surface area (Å²) < 4.78 is 12.0. The van der Waals surface area contributed by atoms with E-state index >= 15 is 0 Å². The van der Waals surface area contributed by atoms with E-state index in [-0.39, 0.29) is 5.97 Å². The molecule has 1 saturated heterocycles. The standard InChI is InChI=1S/C23H29NO3/c1-3-24-16-15-19(17-24)18-26-22(25)23(27-4-2,20-11-7-5-8-12-20)21-13-9-6-10-14-21/h5-14,19H,3-4,15-18H2,1-2H3. The number of rotatable bonds is 8. The maximum Gasteiger partial charge on any atom is 0.347 e. The van der Waals surface area contributed by atoms with Crippen molar-refractivity contribution in [1.29, 1.82) is 0 Å². The molecule has 144 valence electrons. The molecule has 0 spiro atoms. The molecular weight excluding hydrogens is 338 g/mol. The first-order chi connectivity index (χ1) is 13.2. The van der Waals surface area contributed by atoms with Crippen LogP contribution in [0.15, 0.2) is 60.7 Å². The summed E-state index contributed by atoms with van der Waals surface area (Å²) in [6, 6.07) is 19.3. The molecule has 2 aromatic carbocycles. The topological polar surface area (TPSA) is 38.8 Å². The summed E-state index contributed by atoms with van der Waals surface area (Å²) in [5.41, 5.74) is 0.356. The van der Waals surface area contributed by atoms with Gasteiger partial charge in [0.2, 0.25) is 5.60 Å². The van der Waals surface area contributed by atoms with Crippen LogP contribution >= 0.6 is 0 Å². The lowest BCUT2D eigenvalue weighted by molar-refractivity contribution is -0.169. The van der Waals surface area contributed by atoms with Crippen LogP contribution < -0.4 is 0 Å². The molecule has 0 aliphatic carbocycles. The summed E-state index contributed by atoms with van der Waals surface area (Å²) in [6.45, 7) is 8.02. The first-order valence-corrected chi connectivity index (χ1v) is 9.85. The lowest BCUT2D eigenvalue weighted by atomic mass is 9.86. The lowest BCUT2D eigenvalue weighted by Gasteiger charge is -2.32. The van der Waals surface area contributed by atoms with Crippen molar-refractivity contribution < 1.29 is 14.3 Å². The highest BCUT2D eigenvalue weighted by atomic mass is 16.6. The minimum atomic E-state index is -1.24. The first-order valence-electron chi connectivity index (χ1n) is 9.85. The van der Waals surface area contributed by atoms with Crippen molar-refractivity contribution in [2.45, 2.75) is 25.9 Å². The van der Waals surface area contributed by atoms with E-state index in [1.165, 1.54) is 0 Å². The van der Waals surface area contributed by atoms with Crippen molar-refractivity contribution in [2.75, 3.05) is 32.8 Å². The van der Waals surface area contributed by atoms with Crippen molar-refractivity contribution in [1.82, 2.24) is 4.90 Å². The molecular formula is C23H29NO3. The molecule has 0 N–H and O–H groups in total. The monoisotopic (exact) mass is 367 g/mol. The lowest BCUT2D eigenvalue weighted by Crippen LogP contribution is -2.42. The Labute approximate surface area is 162 Å². The van der Waals surface area contributed by atoms with E-state index in [1.54, 1.807) is 0 Å². The number of hydrogen-bond acceptors (Lipinski definition) is 4. The summed E-state index contributed by atoms with van der Waals surface area (Å²) in [4.78, 5) is 15.8. The molecule has 0 radical (unpaired) electrons. The normalized spacial score (nSPS) is 17.8. The van der Waals surface area contributed by atoms with E-state index in [0.29, 0.717) is 19.1 Å². The van der Waals surface area contributed by atoms with Gasteiger partial charge >= 0.3 is 5.97 Å². The van der Waals surface area contributed by atoms with Crippen LogP contribution in [0.5, 0.6) is 0 Å². The predicted molar refractivity (Wildman–Crippen MR) is 106 cm³/mol. The van der Waals surface area contributed by atoms with E-state index in [0.717, 1.165) is 37.2 Å². The second kappa shape index (κ2) is 9.16. The summed E-state index contributed by atoms with van der Waals surface area (Å²) >= 11 is 0. The fraction of sp³-hybridized carbons (Fsp3) is 0.435. The van der Waals surface area contributed by atoms with E-state index < -0.39 is 5.60 Å². The molecule has 4 heteroatoms. The first kappa shape index (κ1) is 19.6. The highest BCUT2D eigenvalue weighted by molar-refractivity contribution is 5.85. The average molecular weight is 367 g/mol. The Bertz CT molecular complexity index is 677. The van der Waals surface area contributed by atoms with Gasteiger partial charge in [-0.15, -0.1) is 0 Å². The predicted octanol–water partition coefficient (Wildman–Crippen LogP) is 3.85. The zero-order valence-electron chi connectivity index (χ0n) is 16.3. The zero-order chi connectivity index (χ0) is 19.1. The number of benzene rings is 2. The molecule has 4 nitrogen and oxygen atoms in total. The number of carbonyl (C=O) groups excluding carboxylic acids is 1. The van der Waals surface area contributed by atoms with E-state index in [9.17, 15) is 4.79 Å². The smallest absolute Gasteiger partial charge is 0.347 e. The molecule has 0 bridgehead atoms. The molecule has 0 aromatic heterocycles. The highest BCUT2D eigenvalue weighted by Gasteiger charge is 2.45. The Kier molecular flexibility index (Phi) is 6.64. The second-order valence-corrected chi connectivity index (χ2v) is 6.99. The van der Waals surface area contributed by atoms with Crippen molar-refractivity contribution >= 4 is 5.97 Å². The van der Waals surface area contributed by atoms with Crippen molar-refractivity contribution in [3.05, 3.63) is 71.8 Å². The highest BCUT2D eigenvalue weighted by Crippen LogP contribution is 2.35. The van der Waals surface area contributed by atoms with Crippen molar-refractivity contribution in [3.63, 3.8) is 0 Å². The SMILES string of the molecule is CCOC(C(=O)OCC1CCN(CC)C1)(c1ccccc1)c1ccccc1. The number of likely N-dealkylation sites (tertiary alicyclic amines) is 1. The average Bonchev–Trinajstić information content (AvgIpc) is 3.20. The maximum atomic E-state index is 13.4. The fourth-order valence-electron chi connectivity index (χ4n) is 3.82. The van der Waals surface area contributed by atoms with Crippen LogP contribution in [0.3, 0.4) is 0 Å². The molecule has 1 aliphatic heterocycles. The Balaban J connectivity index is 1.88. The van der Waals surface area contributed by atoms with Gasteiger partial charge in [-0.25, -0.2) is 4.79 Å². The molecule has 1 heterocycles. The fourth-order valence-corrected chi connectivity index (χ4v) is 3.82. The second-order valence-electron chi connectivity index (χ2n) is 6.99. The number of nitrogens with zero attached hydrogens (tertiary/aromatic N) is 1. The van der Waals surface area contributed by atoms with Crippen molar-refractivity contribution in [2.24, 2.45) is 5.92 Å². The molecule has 1 atom stereocenters. The summed E-state index contributed by atoms with van der Waals surface area (Å²) in [5.74, 6) is 0.0523. The maximum absolute atomic E-state index is 13.4. The minimum absolute atomic E-state index is 0.336. The Hall–Kier alpha value is -2.17. The van der Waals surface area contributed by atoms with Gasteiger partial charge in [0, 0.05) is 19.1 Å². The summed E-state index contributed by atoms with van der Waals surface area (Å²) in [6.07, 6.45) is 1.07. The molecule has 0 saturated carbocycles. The van der Waals surface area contributed by atoms with Crippen molar-refractivity contribution in [3.8, 4) is 0 Å². The van der Waals surface area contributed by atoms with E-state index in [1.807, 2.05) is 67.6 Å². The van der Waals surface area contributed by atoms with Crippen LogP contribution in [0.1, 0.15) is 31.4 Å². The quantitative estimate of drug-likeness (QED) is 0.664. The van der Waals surface area contributed by atoms with Gasteiger partial charge in [-0.1, -0.05) is 67.6 Å². The van der Waals surface area contributed by atoms with Gasteiger partial charge in [0.25, 0.3) is 0 Å². The molecule has 0 amide bonds. The van der Waals surface area contributed by atoms with Crippen LogP contribution in [0, 0.1) is 5.92 Å². The van der Waals surface area contributed by atoms with Gasteiger partial charge in [-0.05, 0) is 37.6 Å². The van der Waals surface area contributed by atoms with Gasteiger partial charge < -0.3 is 14.4 Å². The van der Waals surface area contributed by atoms with Crippen LogP contribution in [-0.2, 0) is 19.9 Å². The van der Waals surface area contributed by atoms with Gasteiger partial charge in [-0.2, -0.15) is 0 Å². The number of hydrogen-bond donors (Lipinski definition) is 0. The van der Waals surface area contributed by atoms with Crippen LogP contribution in [0.4, 0.5) is 0 Å². The van der Waals surface area contributed by atoms with Crippen LogP contribution in [-0.4, -0.2) is 43.7 Å². The Morgan fingerprint density at radius 2 is 1.63 bits per heavy atom. The summed E-state index contributed by atoms with van der Waals surface area (Å²) in [7, 11) is 0. The van der Waals surface area contributed by atoms with Gasteiger partial charge in [0.05, 0.1) is 6.61 Å². The van der Waals surface area contributed by atoms with Crippen LogP contribution in [0.25, 0.3) is 0 Å². The molecule has 2 aromatic rings. The summed E-state index contributed by atoms with van der Waals surface area (Å²) in [5, 5.41) is 0. The molecule has 1 fully saturated rings. The third kappa shape index (κ3) is 4.23. The van der Waals surface area contributed by atoms with E-state index in [4.69, 9.17) is 9.47 Å². The zero-order valence-corrected chi connectivity index (χ0v) is 16.3. The minimum Gasteiger partial charge on any atom is -0.463 e. The van der Waals surface area contributed by atoms with Gasteiger partial charge in [-0.3, -0.25) is 0 Å². The Morgan fingerprint density at radius 3 is 2.11 bits per heavy atom. The number of carbonyl (C=O) groups is 1. The van der Waals surface area contributed by atoms with Crippen LogP contribution in [0.2, 0.25) is 0 Å². The number of esters is 1. The third-order valence-electron chi connectivity index (χ3n) is 5.28. The molecule has 1 aliphatic rings. The largest absolute Gasteiger partial charge is 0.463 e. The Morgan fingerprint density at radius 1 is 1.04 bits per heavy atom. The van der Waals surface area contributed by atoms with E-state index in [2.05, 4.69) is 11.8 Å². The molecule has 27 heavy (non-hydrogen) atoms. The molecule has 3 rings (SSSR count). The third-order valence-corrected chi connectivity index (χ3v) is 5.28. The number of ether oxygens (including phenoxy) is 2.